The van der Waals surface area contributed by atoms with Crippen molar-refractivity contribution in [1.82, 2.24) is 29.7 Å². The fourth-order valence-electron chi connectivity index (χ4n) is 7.90. The summed E-state index contributed by atoms with van der Waals surface area (Å²) in [4.78, 5) is 25.0. The molecule has 286 valence electrons. The van der Waals surface area contributed by atoms with Gasteiger partial charge in [-0.05, 0) is 81.6 Å². The molecule has 2 aliphatic heterocycles. The van der Waals surface area contributed by atoms with E-state index in [0.717, 1.165) is 96.3 Å². The summed E-state index contributed by atoms with van der Waals surface area (Å²) in [5.74, 6) is 1.40. The van der Waals surface area contributed by atoms with E-state index in [0.29, 0.717) is 29.1 Å². The Kier molecular flexibility index (Phi) is 10.1. The number of H-pyrrole nitrogens is 1. The Morgan fingerprint density at radius 3 is 2.35 bits per heavy atom. The summed E-state index contributed by atoms with van der Waals surface area (Å²) >= 11 is 5.11. The molecule has 0 bridgehead atoms. The van der Waals surface area contributed by atoms with E-state index in [-0.39, 0.29) is 11.7 Å². The van der Waals surface area contributed by atoms with Gasteiger partial charge in [0.25, 0.3) is 0 Å². The third kappa shape index (κ3) is 8.08. The monoisotopic (exact) mass is 778 g/mol. The minimum absolute atomic E-state index is 0.0929. The highest BCUT2D eigenvalue weighted by atomic mass is 32.7. The zero-order chi connectivity index (χ0) is 37.8. The molecule has 1 saturated carbocycles. The lowest BCUT2D eigenvalue weighted by atomic mass is 10.0. The number of fused-ring (bicyclic) bond motifs is 2. The molecular weight excluding hydrogens is 731 g/mol. The molecule has 8 rings (SSSR count). The summed E-state index contributed by atoms with van der Waals surface area (Å²) in [6.07, 6.45) is 1.66. The molecule has 1 aliphatic carbocycles. The van der Waals surface area contributed by atoms with Crippen LogP contribution in [-0.2, 0) is 0 Å². The third-order valence-electron chi connectivity index (χ3n) is 10.9. The Hall–Kier alpha value is -3.84. The van der Waals surface area contributed by atoms with Crippen molar-refractivity contribution < 1.29 is 17.9 Å². The van der Waals surface area contributed by atoms with Crippen molar-refractivity contribution in [3.63, 3.8) is 0 Å². The molecule has 0 atom stereocenters. The van der Waals surface area contributed by atoms with Crippen LogP contribution >= 0.6 is 18.7 Å². The van der Waals surface area contributed by atoms with E-state index in [1.54, 1.807) is 12.3 Å². The molecule has 5 aromatic rings. The maximum Gasteiger partial charge on any atom is 0.422 e. The number of aromatic amines is 1. The second-order valence-electron chi connectivity index (χ2n) is 15.4. The molecule has 3 aliphatic rings. The largest absolute Gasteiger partial charge is 0.482 e. The van der Waals surface area contributed by atoms with Gasteiger partial charge in [-0.1, -0.05) is 0 Å². The third-order valence-corrected chi connectivity index (χ3v) is 13.0. The van der Waals surface area contributed by atoms with E-state index in [2.05, 4.69) is 62.8 Å². The summed E-state index contributed by atoms with van der Waals surface area (Å²) < 4.78 is 46.1. The molecule has 54 heavy (non-hydrogen) atoms. The molecule has 0 radical (unpaired) electrons. The standard InChI is InChI=1S/C39H48F3N9OPS/c1-24-21-32(34(52-23-39(40,41)42)22-33(24)51-15-12-26(13-16-51)50-19-17-49(2)18-20-50)46-38-47-36-28(11-14-43-36)37(48-38)45-31-10-9-30-27(35(31)53(3,4)54)7-8-29(44-30)25-5-6-25/h7-11,14,21-22,25-26,54H,5-6,12-13,15-20,23H2,1-4H3,(H3,43,45,46,47,48)/q+1. The van der Waals surface area contributed by atoms with Crippen LogP contribution < -0.4 is 25.6 Å². The van der Waals surface area contributed by atoms with Crippen molar-refractivity contribution in [3.8, 4) is 5.75 Å². The minimum Gasteiger partial charge on any atom is -0.482 e. The number of pyridine rings is 1. The number of likely N-dealkylation sites (N-methyl/N-ethyl adjacent to an activating group) is 1. The Bertz CT molecular complexity index is 2150. The molecule has 2 saturated heterocycles. The van der Waals surface area contributed by atoms with Gasteiger partial charge in [-0.15, -0.1) is 0 Å². The summed E-state index contributed by atoms with van der Waals surface area (Å²) in [6, 6.07) is 14.4. The highest BCUT2D eigenvalue weighted by molar-refractivity contribution is 8.55. The van der Waals surface area contributed by atoms with Crippen LogP contribution in [0.4, 0.5) is 42.0 Å². The van der Waals surface area contributed by atoms with Gasteiger partial charge in [-0.3, -0.25) is 9.88 Å². The molecule has 2 aromatic carbocycles. The lowest BCUT2D eigenvalue weighted by Crippen LogP contribution is -2.52. The van der Waals surface area contributed by atoms with E-state index in [1.165, 1.54) is 12.8 Å². The average Bonchev–Trinajstić information content (AvgIpc) is 3.87. The van der Waals surface area contributed by atoms with E-state index in [4.69, 9.17) is 31.9 Å². The van der Waals surface area contributed by atoms with Crippen LogP contribution in [0.3, 0.4) is 0 Å². The number of nitrogens with zero attached hydrogens (tertiary/aromatic N) is 6. The van der Waals surface area contributed by atoms with Crippen LogP contribution in [0.5, 0.6) is 5.75 Å². The topological polar surface area (TPSA) is 97.5 Å². The van der Waals surface area contributed by atoms with Crippen LogP contribution in [0.15, 0.2) is 48.7 Å². The number of piperazine rings is 1. The number of anilines is 5. The first-order chi connectivity index (χ1) is 25.8. The lowest BCUT2D eigenvalue weighted by molar-refractivity contribution is -0.153. The fourth-order valence-corrected chi connectivity index (χ4v) is 10.0. The smallest absolute Gasteiger partial charge is 0.422 e. The van der Waals surface area contributed by atoms with Crippen LogP contribution in [0.25, 0.3) is 21.9 Å². The van der Waals surface area contributed by atoms with Crippen LogP contribution in [-0.4, -0.2) is 108 Å². The maximum absolute atomic E-state index is 13.5. The van der Waals surface area contributed by atoms with E-state index in [9.17, 15) is 13.2 Å². The van der Waals surface area contributed by atoms with Gasteiger partial charge >= 0.3 is 6.18 Å². The molecule has 0 amide bonds. The number of alkyl halides is 3. The number of piperidine rings is 1. The van der Waals surface area contributed by atoms with Gasteiger partial charge < -0.3 is 30.2 Å². The minimum atomic E-state index is -4.50. The van der Waals surface area contributed by atoms with Crippen LogP contribution in [0, 0.1) is 6.92 Å². The number of hydrogen-bond acceptors (Lipinski definition) is 10. The Balaban J connectivity index is 1.09. The number of rotatable bonds is 10. The average molecular weight is 779 g/mol. The first-order valence-corrected chi connectivity index (χ1v) is 22.5. The molecule has 3 N–H and O–H groups in total. The summed E-state index contributed by atoms with van der Waals surface area (Å²) in [5, 5.41) is 9.71. The molecular formula is C39H48F3N9OPS+. The van der Waals surface area contributed by atoms with Gasteiger partial charge in [0.2, 0.25) is 5.95 Å². The van der Waals surface area contributed by atoms with Gasteiger partial charge in [0.05, 0.1) is 42.1 Å². The van der Waals surface area contributed by atoms with Gasteiger partial charge in [0, 0.05) is 92.5 Å². The molecule has 5 heterocycles. The van der Waals surface area contributed by atoms with E-state index >= 15 is 0 Å². The van der Waals surface area contributed by atoms with Gasteiger partial charge in [0.15, 0.2) is 6.61 Å². The first-order valence-electron chi connectivity index (χ1n) is 18.7. The zero-order valence-corrected chi connectivity index (χ0v) is 33.0. The number of aromatic nitrogens is 4. The second-order valence-corrected chi connectivity index (χ2v) is 21.7. The summed E-state index contributed by atoms with van der Waals surface area (Å²) in [7, 11) is 2.16. The van der Waals surface area contributed by atoms with Crippen molar-refractivity contribution in [2.45, 2.75) is 50.7 Å². The van der Waals surface area contributed by atoms with Crippen molar-refractivity contribution in [3.05, 3.63) is 59.9 Å². The van der Waals surface area contributed by atoms with E-state index in [1.807, 2.05) is 31.2 Å². The molecule has 0 unspecified atom stereocenters. The number of nitrogens with one attached hydrogen (secondary N) is 3. The van der Waals surface area contributed by atoms with Crippen molar-refractivity contribution in [2.24, 2.45) is 0 Å². The first kappa shape index (κ1) is 37.1. The van der Waals surface area contributed by atoms with Crippen molar-refractivity contribution >= 4 is 74.8 Å². The molecule has 0 spiro atoms. The van der Waals surface area contributed by atoms with Crippen LogP contribution in [0.1, 0.15) is 42.9 Å². The predicted molar refractivity (Wildman–Crippen MR) is 219 cm³/mol. The van der Waals surface area contributed by atoms with Gasteiger partial charge in [-0.2, -0.15) is 23.1 Å². The number of hydrogen-bond donors (Lipinski definition) is 4. The highest BCUT2D eigenvalue weighted by Gasteiger charge is 2.33. The van der Waals surface area contributed by atoms with Gasteiger partial charge in [0.1, 0.15) is 22.5 Å². The second kappa shape index (κ2) is 14.7. The Morgan fingerprint density at radius 2 is 1.65 bits per heavy atom. The normalized spacial score (nSPS) is 18.1. The lowest BCUT2D eigenvalue weighted by Gasteiger charge is -2.43. The molecule has 15 heteroatoms. The SMILES string of the molecule is Cc1cc(Nc2nc(Nc3ccc4nc(C5CC5)ccc4c3[P+](C)(C)S)c3cc[nH]c3n2)c(OCC(F)(F)F)cc1N1CCC(N2CCN(C)CC2)CC1. The number of halogens is 3. The van der Waals surface area contributed by atoms with Crippen molar-refractivity contribution in [1.29, 1.82) is 0 Å². The van der Waals surface area contributed by atoms with Crippen LogP contribution in [0.2, 0.25) is 0 Å². The maximum atomic E-state index is 13.5. The molecule has 10 nitrogen and oxygen atoms in total. The number of aryl methyl sites for hydroxylation is 1. The fraction of sp³-hybridized carbons (Fsp3) is 0.462. The zero-order valence-electron chi connectivity index (χ0n) is 31.2. The van der Waals surface area contributed by atoms with E-state index < -0.39 is 19.2 Å². The molecule has 3 aromatic heterocycles. The number of ether oxygens (including phenoxy) is 1. The number of thiol groups is 1. The summed E-state index contributed by atoms with van der Waals surface area (Å²) in [5.41, 5.74) is 5.68. The predicted octanol–water partition coefficient (Wildman–Crippen LogP) is 8.08. The van der Waals surface area contributed by atoms with Gasteiger partial charge in [-0.25, -0.2) is 0 Å². The van der Waals surface area contributed by atoms with Crippen molar-refractivity contribution in [2.75, 3.05) is 81.8 Å². The Morgan fingerprint density at radius 1 is 0.889 bits per heavy atom. The number of benzene rings is 2. The quantitative estimate of drug-likeness (QED) is 0.0829. The highest BCUT2D eigenvalue weighted by Crippen LogP contribution is 2.58. The summed E-state index contributed by atoms with van der Waals surface area (Å²) in [6.45, 7) is 8.94. The Labute approximate surface area is 319 Å². The molecule has 3 fully saturated rings.